The lowest BCUT2D eigenvalue weighted by Gasteiger charge is -2.00. The number of hydrogen-bond donors (Lipinski definition) is 0. The normalized spacial score (nSPS) is 11.2. The highest BCUT2D eigenvalue weighted by molar-refractivity contribution is 7.19. The smallest absolute Gasteiger partial charge is 0.182 e. The first-order valence-electron chi connectivity index (χ1n) is 6.76. The van der Waals surface area contributed by atoms with E-state index in [-0.39, 0.29) is 0 Å². The Balaban J connectivity index is 1.88. The van der Waals surface area contributed by atoms with E-state index in [4.69, 9.17) is 11.6 Å². The lowest BCUT2D eigenvalue weighted by atomic mass is 10.1. The van der Waals surface area contributed by atoms with Gasteiger partial charge in [-0.2, -0.15) is 9.61 Å². The maximum absolute atomic E-state index is 6.26. The third-order valence-corrected chi connectivity index (χ3v) is 4.65. The van der Waals surface area contributed by atoms with Crippen LogP contribution in [0.5, 0.6) is 0 Å². The quantitative estimate of drug-likeness (QED) is 0.545. The van der Waals surface area contributed by atoms with E-state index in [0.29, 0.717) is 10.8 Å². The Kier molecular flexibility index (Phi) is 3.17. The summed E-state index contributed by atoms with van der Waals surface area (Å²) in [7, 11) is 0. The SMILES string of the molecule is Cc1cccc(-c2nn3c(-c4ccccc4Cl)nnc3s2)c1. The van der Waals surface area contributed by atoms with Crippen molar-refractivity contribution in [1.29, 1.82) is 0 Å². The average Bonchev–Trinajstić information content (AvgIpc) is 3.08. The Morgan fingerprint density at radius 3 is 2.73 bits per heavy atom. The molecule has 0 unspecified atom stereocenters. The Morgan fingerprint density at radius 2 is 1.91 bits per heavy atom. The Bertz CT molecular complexity index is 973. The molecule has 2 aromatic carbocycles. The fourth-order valence-corrected chi connectivity index (χ4v) is 3.38. The van der Waals surface area contributed by atoms with E-state index in [9.17, 15) is 0 Å². The first-order chi connectivity index (χ1) is 10.7. The summed E-state index contributed by atoms with van der Waals surface area (Å²) in [5.41, 5.74) is 3.12. The summed E-state index contributed by atoms with van der Waals surface area (Å²) in [6.07, 6.45) is 0. The third-order valence-electron chi connectivity index (χ3n) is 3.37. The second kappa shape index (κ2) is 5.19. The monoisotopic (exact) mass is 326 g/mol. The lowest BCUT2D eigenvalue weighted by molar-refractivity contribution is 0.970. The number of nitrogens with zero attached hydrogens (tertiary/aromatic N) is 4. The molecule has 0 N–H and O–H groups in total. The van der Waals surface area contributed by atoms with Crippen LogP contribution in [0.1, 0.15) is 5.56 Å². The summed E-state index contributed by atoms with van der Waals surface area (Å²) in [6, 6.07) is 15.8. The summed E-state index contributed by atoms with van der Waals surface area (Å²) in [5, 5.41) is 14.6. The van der Waals surface area contributed by atoms with Crippen LogP contribution >= 0.6 is 22.9 Å². The van der Waals surface area contributed by atoms with E-state index < -0.39 is 0 Å². The number of fused-ring (bicyclic) bond motifs is 1. The van der Waals surface area contributed by atoms with E-state index in [1.165, 1.54) is 16.9 Å². The number of halogens is 1. The predicted octanol–water partition coefficient (Wildman–Crippen LogP) is 4.48. The van der Waals surface area contributed by atoms with Gasteiger partial charge in [0.25, 0.3) is 0 Å². The van der Waals surface area contributed by atoms with Gasteiger partial charge < -0.3 is 0 Å². The van der Waals surface area contributed by atoms with E-state index >= 15 is 0 Å². The van der Waals surface area contributed by atoms with Crippen molar-refractivity contribution >= 4 is 27.9 Å². The molecule has 2 heterocycles. The molecule has 0 amide bonds. The molecule has 4 aromatic rings. The fourth-order valence-electron chi connectivity index (χ4n) is 2.32. The highest BCUT2D eigenvalue weighted by Gasteiger charge is 2.16. The number of rotatable bonds is 2. The van der Waals surface area contributed by atoms with Gasteiger partial charge in [0.2, 0.25) is 4.96 Å². The zero-order valence-corrected chi connectivity index (χ0v) is 13.3. The van der Waals surface area contributed by atoms with Crippen molar-refractivity contribution in [1.82, 2.24) is 19.8 Å². The molecule has 4 rings (SSSR count). The molecule has 0 radical (unpaired) electrons. The van der Waals surface area contributed by atoms with Crippen molar-refractivity contribution in [3.05, 3.63) is 59.1 Å². The molecule has 4 nitrogen and oxygen atoms in total. The largest absolute Gasteiger partial charge is 0.235 e. The molecule has 0 bridgehead atoms. The van der Waals surface area contributed by atoms with Crippen LogP contribution in [0.25, 0.3) is 26.9 Å². The van der Waals surface area contributed by atoms with Gasteiger partial charge in [-0.3, -0.25) is 0 Å². The minimum absolute atomic E-state index is 0.641. The van der Waals surface area contributed by atoms with Gasteiger partial charge in [-0.05, 0) is 25.1 Å². The van der Waals surface area contributed by atoms with Gasteiger partial charge in [-0.25, -0.2) is 0 Å². The lowest BCUT2D eigenvalue weighted by Crippen LogP contribution is -1.91. The van der Waals surface area contributed by atoms with E-state index in [0.717, 1.165) is 21.1 Å². The van der Waals surface area contributed by atoms with Gasteiger partial charge in [0.15, 0.2) is 5.82 Å². The van der Waals surface area contributed by atoms with Crippen LogP contribution in [-0.2, 0) is 0 Å². The molecule has 0 fully saturated rings. The minimum Gasteiger partial charge on any atom is -0.182 e. The van der Waals surface area contributed by atoms with Crippen LogP contribution in [0.4, 0.5) is 0 Å². The summed E-state index contributed by atoms with van der Waals surface area (Å²) in [5.74, 6) is 0.663. The number of benzene rings is 2. The van der Waals surface area contributed by atoms with Gasteiger partial charge in [-0.15, -0.1) is 10.2 Å². The molecule has 0 aliphatic carbocycles. The van der Waals surface area contributed by atoms with Crippen molar-refractivity contribution in [2.45, 2.75) is 6.92 Å². The summed E-state index contributed by atoms with van der Waals surface area (Å²) >= 11 is 7.77. The first-order valence-corrected chi connectivity index (χ1v) is 7.96. The zero-order chi connectivity index (χ0) is 15.1. The van der Waals surface area contributed by atoms with Crippen LogP contribution in [0, 0.1) is 6.92 Å². The summed E-state index contributed by atoms with van der Waals surface area (Å²) in [4.78, 5) is 0.756. The average molecular weight is 327 g/mol. The van der Waals surface area contributed by atoms with Crippen molar-refractivity contribution in [2.75, 3.05) is 0 Å². The van der Waals surface area contributed by atoms with Gasteiger partial charge in [0, 0.05) is 11.1 Å². The highest BCUT2D eigenvalue weighted by atomic mass is 35.5. The molecule has 2 aromatic heterocycles. The number of aryl methyl sites for hydroxylation is 1. The topological polar surface area (TPSA) is 43.1 Å². The van der Waals surface area contributed by atoms with Crippen LogP contribution in [0.15, 0.2) is 48.5 Å². The first kappa shape index (κ1) is 13.4. The Morgan fingerprint density at radius 1 is 1.05 bits per heavy atom. The molecule has 0 saturated heterocycles. The van der Waals surface area contributed by atoms with Crippen molar-refractivity contribution in [3.8, 4) is 22.0 Å². The molecule has 0 aliphatic heterocycles. The van der Waals surface area contributed by atoms with Gasteiger partial charge >= 0.3 is 0 Å². The minimum atomic E-state index is 0.641. The van der Waals surface area contributed by atoms with E-state index in [1.54, 1.807) is 4.52 Å². The molecule has 0 saturated carbocycles. The van der Waals surface area contributed by atoms with Crippen LogP contribution in [0.3, 0.4) is 0 Å². The second-order valence-electron chi connectivity index (χ2n) is 4.97. The Labute approximate surface area is 136 Å². The molecular formula is C16H11ClN4S. The van der Waals surface area contributed by atoms with Crippen LogP contribution in [-0.4, -0.2) is 19.8 Å². The molecule has 0 atom stereocenters. The third kappa shape index (κ3) is 2.19. The Hall–Kier alpha value is -2.24. The van der Waals surface area contributed by atoms with E-state index in [1.807, 2.05) is 36.4 Å². The summed E-state index contributed by atoms with van der Waals surface area (Å²) in [6.45, 7) is 2.07. The van der Waals surface area contributed by atoms with Crippen molar-refractivity contribution in [2.24, 2.45) is 0 Å². The molecule has 22 heavy (non-hydrogen) atoms. The summed E-state index contributed by atoms with van der Waals surface area (Å²) < 4.78 is 1.75. The molecular weight excluding hydrogens is 316 g/mol. The highest BCUT2D eigenvalue weighted by Crippen LogP contribution is 2.30. The van der Waals surface area contributed by atoms with Crippen molar-refractivity contribution in [3.63, 3.8) is 0 Å². The molecule has 108 valence electrons. The standard InChI is InChI=1S/C16H11ClN4S/c1-10-5-4-6-11(9-10)15-20-21-14(18-19-16(21)22-15)12-7-2-3-8-13(12)17/h2-9H,1H3. The maximum atomic E-state index is 6.26. The molecule has 6 heteroatoms. The number of aromatic nitrogens is 4. The van der Waals surface area contributed by atoms with E-state index in [2.05, 4.69) is 34.4 Å². The van der Waals surface area contributed by atoms with Gasteiger partial charge in [0.1, 0.15) is 5.01 Å². The maximum Gasteiger partial charge on any atom is 0.235 e. The molecule has 0 aliphatic rings. The molecule has 0 spiro atoms. The second-order valence-corrected chi connectivity index (χ2v) is 6.34. The predicted molar refractivity (Wildman–Crippen MR) is 89.3 cm³/mol. The van der Waals surface area contributed by atoms with Crippen molar-refractivity contribution < 1.29 is 0 Å². The van der Waals surface area contributed by atoms with Crippen LogP contribution in [0.2, 0.25) is 5.02 Å². The van der Waals surface area contributed by atoms with Gasteiger partial charge in [0.05, 0.1) is 5.02 Å². The fraction of sp³-hybridized carbons (Fsp3) is 0.0625. The number of hydrogen-bond acceptors (Lipinski definition) is 4. The van der Waals surface area contributed by atoms with Gasteiger partial charge in [-0.1, -0.05) is 58.8 Å². The van der Waals surface area contributed by atoms with Crippen LogP contribution < -0.4 is 0 Å². The zero-order valence-electron chi connectivity index (χ0n) is 11.7.